The lowest BCUT2D eigenvalue weighted by atomic mass is 10.0. The van der Waals surface area contributed by atoms with Crippen LogP contribution in [0.1, 0.15) is 22.3 Å². The highest BCUT2D eigenvalue weighted by molar-refractivity contribution is 6.31. The van der Waals surface area contributed by atoms with Gasteiger partial charge < -0.3 is 9.57 Å². The van der Waals surface area contributed by atoms with E-state index in [4.69, 9.17) is 9.57 Å². The van der Waals surface area contributed by atoms with Gasteiger partial charge in [0, 0.05) is 5.56 Å². The largest absolute Gasteiger partial charge is 0.489 e. The van der Waals surface area contributed by atoms with E-state index < -0.39 is 5.97 Å². The molecule has 0 saturated carbocycles. The Morgan fingerprint density at radius 1 is 0.929 bits per heavy atom. The molecule has 0 radical (unpaired) electrons. The maximum atomic E-state index is 12.1. The molecule has 0 aromatic heterocycles. The van der Waals surface area contributed by atoms with E-state index in [1.54, 1.807) is 6.08 Å². The second kappa shape index (κ2) is 7.92. The average molecular weight is 369 g/mol. The van der Waals surface area contributed by atoms with Gasteiger partial charge in [-0.05, 0) is 41.8 Å². The van der Waals surface area contributed by atoms with Gasteiger partial charge in [-0.2, -0.15) is 0 Å². The number of aryl methyl sites for hydroxylation is 1. The summed E-state index contributed by atoms with van der Waals surface area (Å²) in [6.07, 6.45) is 1.78. The highest BCUT2D eigenvalue weighted by Gasteiger charge is 2.26. The van der Waals surface area contributed by atoms with Gasteiger partial charge in [0.2, 0.25) is 0 Å². The fourth-order valence-corrected chi connectivity index (χ4v) is 2.97. The van der Waals surface area contributed by atoms with Crippen LogP contribution in [0.25, 0.3) is 6.08 Å². The summed E-state index contributed by atoms with van der Waals surface area (Å²) in [6.45, 7) is 2.59. The minimum atomic E-state index is -0.446. The topological polar surface area (TPSA) is 47.9 Å². The third-order valence-corrected chi connectivity index (χ3v) is 4.59. The molecular weight excluding hydrogens is 350 g/mol. The molecule has 0 amide bonds. The molecule has 0 atom stereocenters. The van der Waals surface area contributed by atoms with E-state index in [-0.39, 0.29) is 0 Å². The summed E-state index contributed by atoms with van der Waals surface area (Å²) in [5.74, 6) is 0.329. The zero-order valence-corrected chi connectivity index (χ0v) is 15.5. The van der Waals surface area contributed by atoms with Gasteiger partial charge in [0.25, 0.3) is 0 Å². The molecule has 3 aromatic rings. The number of oxime groups is 1. The van der Waals surface area contributed by atoms with Crippen molar-refractivity contribution in [2.75, 3.05) is 0 Å². The van der Waals surface area contributed by atoms with E-state index in [0.29, 0.717) is 17.9 Å². The molecule has 4 heteroatoms. The summed E-state index contributed by atoms with van der Waals surface area (Å²) in [7, 11) is 0. The second-order valence-corrected chi connectivity index (χ2v) is 6.53. The van der Waals surface area contributed by atoms with E-state index in [0.717, 1.165) is 22.4 Å². The molecule has 0 unspecified atom stereocenters. The molecule has 138 valence electrons. The Morgan fingerprint density at radius 2 is 1.64 bits per heavy atom. The van der Waals surface area contributed by atoms with Crippen LogP contribution < -0.4 is 4.74 Å². The zero-order valence-electron chi connectivity index (χ0n) is 15.5. The first kappa shape index (κ1) is 17.7. The Bertz CT molecular complexity index is 1050. The van der Waals surface area contributed by atoms with Crippen LogP contribution >= 0.6 is 0 Å². The van der Waals surface area contributed by atoms with E-state index in [1.165, 1.54) is 5.56 Å². The Hall–Kier alpha value is -3.66. The minimum Gasteiger partial charge on any atom is -0.489 e. The van der Waals surface area contributed by atoms with E-state index in [9.17, 15) is 4.79 Å². The summed E-state index contributed by atoms with van der Waals surface area (Å²) in [5.41, 5.74) is 5.08. The molecule has 0 fully saturated rings. The molecule has 28 heavy (non-hydrogen) atoms. The van der Waals surface area contributed by atoms with Gasteiger partial charge in [0.05, 0.1) is 5.57 Å². The predicted octanol–water partition coefficient (Wildman–Crippen LogP) is 4.92. The number of hydrogen-bond acceptors (Lipinski definition) is 4. The van der Waals surface area contributed by atoms with E-state index >= 15 is 0 Å². The second-order valence-electron chi connectivity index (χ2n) is 6.53. The Balaban J connectivity index is 1.50. The lowest BCUT2D eigenvalue weighted by Gasteiger charge is -2.09. The fourth-order valence-electron chi connectivity index (χ4n) is 2.97. The van der Waals surface area contributed by atoms with E-state index in [2.05, 4.69) is 24.2 Å². The lowest BCUT2D eigenvalue weighted by Crippen LogP contribution is -2.06. The molecule has 3 aromatic carbocycles. The van der Waals surface area contributed by atoms with Gasteiger partial charge in [-0.15, -0.1) is 0 Å². The maximum absolute atomic E-state index is 12.1. The maximum Gasteiger partial charge on any atom is 0.368 e. The van der Waals surface area contributed by atoms with Gasteiger partial charge >= 0.3 is 5.97 Å². The van der Waals surface area contributed by atoms with Crippen molar-refractivity contribution < 1.29 is 14.4 Å². The van der Waals surface area contributed by atoms with Crippen LogP contribution in [0.3, 0.4) is 0 Å². The standard InChI is InChI=1S/C24H19NO3/c1-17-7-5-6-10-20(17)16-27-21-13-11-18(12-14-21)15-22-23(25-28-24(22)26)19-8-3-2-4-9-19/h2-15H,16H2,1H3. The van der Waals surface area contributed by atoms with Gasteiger partial charge in [-0.3, -0.25) is 0 Å². The SMILES string of the molecule is Cc1ccccc1COc1ccc(C=C2C(=O)ON=C2c2ccccc2)cc1. The molecule has 4 nitrogen and oxygen atoms in total. The highest BCUT2D eigenvalue weighted by Crippen LogP contribution is 2.22. The van der Waals surface area contributed by atoms with Crippen LogP contribution in [0, 0.1) is 6.92 Å². The molecule has 0 saturated heterocycles. The van der Waals surface area contributed by atoms with Crippen molar-refractivity contribution in [1.29, 1.82) is 0 Å². The number of nitrogens with zero attached hydrogens (tertiary/aromatic N) is 1. The van der Waals surface area contributed by atoms with Crippen LogP contribution in [-0.4, -0.2) is 11.7 Å². The van der Waals surface area contributed by atoms with Crippen molar-refractivity contribution in [2.45, 2.75) is 13.5 Å². The molecule has 4 rings (SSSR count). The number of carbonyl (C=O) groups is 1. The Morgan fingerprint density at radius 3 is 2.39 bits per heavy atom. The quantitative estimate of drug-likeness (QED) is 0.474. The van der Waals surface area contributed by atoms with Crippen LogP contribution in [-0.2, 0) is 16.2 Å². The average Bonchev–Trinajstić information content (AvgIpc) is 3.09. The van der Waals surface area contributed by atoms with Crippen LogP contribution in [0.2, 0.25) is 0 Å². The van der Waals surface area contributed by atoms with Gasteiger partial charge in [-0.25, -0.2) is 4.79 Å². The fraction of sp³-hybridized carbons (Fsp3) is 0.0833. The van der Waals surface area contributed by atoms with Crippen molar-refractivity contribution in [2.24, 2.45) is 5.16 Å². The monoisotopic (exact) mass is 369 g/mol. The predicted molar refractivity (Wildman–Crippen MR) is 109 cm³/mol. The van der Waals surface area contributed by atoms with Crippen molar-refractivity contribution >= 4 is 17.8 Å². The minimum absolute atomic E-state index is 0.444. The number of ether oxygens (including phenoxy) is 1. The molecule has 1 heterocycles. The van der Waals surface area contributed by atoms with E-state index in [1.807, 2.05) is 66.7 Å². The van der Waals surface area contributed by atoms with Crippen molar-refractivity contribution in [3.8, 4) is 5.75 Å². The number of rotatable bonds is 5. The molecule has 0 aliphatic carbocycles. The Kier molecular flexibility index (Phi) is 5.02. The molecule has 0 spiro atoms. The smallest absolute Gasteiger partial charge is 0.368 e. The van der Waals surface area contributed by atoms with Crippen LogP contribution in [0.15, 0.2) is 89.6 Å². The molecule has 1 aliphatic heterocycles. The van der Waals surface area contributed by atoms with Gasteiger partial charge in [0.1, 0.15) is 18.1 Å². The summed E-state index contributed by atoms with van der Waals surface area (Å²) >= 11 is 0. The molecule has 1 aliphatic rings. The van der Waals surface area contributed by atoms with Crippen LogP contribution in [0.4, 0.5) is 0 Å². The Labute approximate surface area is 163 Å². The summed E-state index contributed by atoms with van der Waals surface area (Å²) < 4.78 is 5.87. The third kappa shape index (κ3) is 3.86. The molecular formula is C24H19NO3. The lowest BCUT2D eigenvalue weighted by molar-refractivity contribution is -0.136. The first-order valence-electron chi connectivity index (χ1n) is 9.05. The molecule has 0 N–H and O–H groups in total. The van der Waals surface area contributed by atoms with Gasteiger partial charge in [0.15, 0.2) is 0 Å². The van der Waals surface area contributed by atoms with Crippen LogP contribution in [0.5, 0.6) is 5.75 Å². The first-order valence-corrected chi connectivity index (χ1v) is 9.05. The van der Waals surface area contributed by atoms with Crippen molar-refractivity contribution in [3.63, 3.8) is 0 Å². The van der Waals surface area contributed by atoms with Crippen molar-refractivity contribution in [3.05, 3.63) is 107 Å². The molecule has 0 bridgehead atoms. The number of carbonyl (C=O) groups excluding carboxylic acids is 1. The first-order chi connectivity index (χ1) is 13.7. The number of benzene rings is 3. The normalized spacial score (nSPS) is 14.7. The number of hydrogen-bond donors (Lipinski definition) is 0. The van der Waals surface area contributed by atoms with Gasteiger partial charge in [-0.1, -0.05) is 71.9 Å². The summed E-state index contributed by atoms with van der Waals surface area (Å²) in [6, 6.07) is 25.3. The summed E-state index contributed by atoms with van der Waals surface area (Å²) in [5, 5.41) is 3.93. The summed E-state index contributed by atoms with van der Waals surface area (Å²) in [4.78, 5) is 17.0. The third-order valence-electron chi connectivity index (χ3n) is 4.59. The van der Waals surface area contributed by atoms with Crippen molar-refractivity contribution in [1.82, 2.24) is 0 Å². The zero-order chi connectivity index (χ0) is 19.3. The highest BCUT2D eigenvalue weighted by atomic mass is 16.7.